The molecule has 54 heavy (non-hydrogen) atoms. The Morgan fingerprint density at radius 3 is 1.20 bits per heavy atom. The Morgan fingerprint density at radius 2 is 0.907 bits per heavy atom. The van der Waals surface area contributed by atoms with E-state index in [1.165, 1.54) is 66.1 Å². The molecule has 276 valence electrons. The Bertz CT molecular complexity index is 2360. The molecule has 0 N–H and O–H groups in total. The molecule has 0 aliphatic carbocycles. The summed E-state index contributed by atoms with van der Waals surface area (Å²) < 4.78 is 11.6. The fraction of sp³-hybridized carbons (Fsp3) is 0.208. The van der Waals surface area contributed by atoms with Crippen LogP contribution < -0.4 is 0 Å². The number of furan rings is 2. The standard InChI is InChI=1S/2C23H21O.C2H6Si.2ClH.Zr/c2*1-4-17-10-11-19-13-20(22-12-7-16(3)24-22)14-21(19)23(17)18-8-5-15(2)6-9-18;1-3-2;;;/h2*5-14H,4H2,1-3H3;1-2H3;2*1H;/q2*-1;;;;+2/p-2. The van der Waals surface area contributed by atoms with E-state index in [1.54, 1.807) is 0 Å². The molecule has 2 aromatic heterocycles. The molecule has 0 bridgehead atoms. The quantitative estimate of drug-likeness (QED) is 0.123. The molecule has 0 amide bonds. The van der Waals surface area contributed by atoms with Crippen LogP contribution in [0.4, 0.5) is 0 Å². The van der Waals surface area contributed by atoms with Gasteiger partial charge in [0.1, 0.15) is 0 Å². The van der Waals surface area contributed by atoms with Gasteiger partial charge in [-0.15, -0.1) is 57.9 Å². The van der Waals surface area contributed by atoms with Crippen molar-refractivity contribution in [2.75, 3.05) is 0 Å². The maximum atomic E-state index is 5.82. The Morgan fingerprint density at radius 1 is 0.537 bits per heavy atom. The van der Waals surface area contributed by atoms with Gasteiger partial charge in [0.15, 0.2) is 0 Å². The van der Waals surface area contributed by atoms with Crippen molar-refractivity contribution in [1.29, 1.82) is 0 Å². The Balaban J connectivity index is 0.000000160. The van der Waals surface area contributed by atoms with Crippen LogP contribution >= 0.6 is 17.0 Å². The second kappa shape index (κ2) is 17.9. The Hall–Kier alpha value is -3.66. The predicted octanol–water partition coefficient (Wildman–Crippen LogP) is 15.5. The van der Waals surface area contributed by atoms with Gasteiger partial charge >= 0.3 is 53.5 Å². The molecule has 6 aromatic carbocycles. The van der Waals surface area contributed by atoms with Gasteiger partial charge in [0, 0.05) is 0 Å². The molecule has 8 rings (SSSR count). The van der Waals surface area contributed by atoms with E-state index in [2.05, 4.69) is 150 Å². The van der Waals surface area contributed by atoms with Gasteiger partial charge in [0.25, 0.3) is 0 Å². The number of benzene rings is 4. The van der Waals surface area contributed by atoms with Crippen molar-refractivity contribution < 1.29 is 26.8 Å². The van der Waals surface area contributed by atoms with Crippen molar-refractivity contribution in [2.24, 2.45) is 0 Å². The summed E-state index contributed by atoms with van der Waals surface area (Å²) in [4.78, 5) is 0. The number of fused-ring (bicyclic) bond motifs is 2. The molecule has 0 atom stereocenters. The molecule has 0 aliphatic rings. The van der Waals surface area contributed by atoms with E-state index in [0.717, 1.165) is 47.0 Å². The Kier molecular flexibility index (Phi) is 13.2. The van der Waals surface area contributed by atoms with E-state index in [1.807, 2.05) is 26.0 Å². The third kappa shape index (κ3) is 9.23. The van der Waals surface area contributed by atoms with Gasteiger partial charge in [0.2, 0.25) is 0 Å². The normalized spacial score (nSPS) is 10.9. The fourth-order valence-corrected chi connectivity index (χ4v) is 6.83. The molecular weight excluding hydrogens is 799 g/mol. The molecule has 0 unspecified atom stereocenters. The van der Waals surface area contributed by atoms with Crippen LogP contribution in [0.5, 0.6) is 0 Å². The monoisotopic (exact) mass is 844 g/mol. The van der Waals surface area contributed by atoms with E-state index >= 15 is 0 Å². The predicted molar refractivity (Wildman–Crippen MR) is 232 cm³/mol. The molecule has 2 nitrogen and oxygen atoms in total. The number of halogens is 2. The molecule has 0 spiro atoms. The van der Waals surface area contributed by atoms with Crippen LogP contribution in [0.3, 0.4) is 0 Å². The van der Waals surface area contributed by atoms with Gasteiger partial charge in [-0.25, -0.2) is 0 Å². The molecule has 0 saturated heterocycles. The number of hydrogen-bond donors (Lipinski definition) is 0. The SMILES string of the molecule is CCc1ccc2[cH-]c(-c3ccc(C)o3)cc2c1-c1ccc(C)cc1.CCc1ccc2[cH-]c(-c3ccc(C)o3)cc2c1-c1ccc(C)cc1.C[Si](C)=[Zr]([Cl])[Cl]. The first-order chi connectivity index (χ1) is 25.9. The zero-order valence-corrected chi connectivity index (χ0v) is 37.5. The molecule has 0 fully saturated rings. The molecule has 0 saturated carbocycles. The summed E-state index contributed by atoms with van der Waals surface area (Å²) in [5, 5.41) is 5.16. The average Bonchev–Trinajstić information content (AvgIpc) is 3.98. The van der Waals surface area contributed by atoms with Crippen molar-refractivity contribution >= 4 is 44.0 Å². The molecule has 8 aromatic rings. The van der Waals surface area contributed by atoms with Gasteiger partial charge in [0.05, 0.1) is 23.0 Å². The van der Waals surface area contributed by atoms with Gasteiger partial charge in [-0.3, -0.25) is 0 Å². The fourth-order valence-electron chi connectivity index (χ4n) is 6.83. The van der Waals surface area contributed by atoms with Crippen LogP contribution in [-0.4, -0.2) is 5.43 Å². The van der Waals surface area contributed by atoms with Gasteiger partial charge in [-0.2, -0.15) is 0 Å². The minimum absolute atomic E-state index is 0.224. The zero-order chi connectivity index (χ0) is 38.5. The van der Waals surface area contributed by atoms with Crippen LogP contribution in [0.15, 0.2) is 130 Å². The first-order valence-electron chi connectivity index (χ1n) is 18.7. The molecule has 0 aliphatic heterocycles. The summed E-state index contributed by atoms with van der Waals surface area (Å²) >= 11 is -1.65. The summed E-state index contributed by atoms with van der Waals surface area (Å²) in [5.74, 6) is 3.78. The van der Waals surface area contributed by atoms with Gasteiger partial charge < -0.3 is 8.83 Å². The van der Waals surface area contributed by atoms with Crippen LogP contribution in [0.2, 0.25) is 13.1 Å². The van der Waals surface area contributed by atoms with Gasteiger partial charge in [-0.05, 0) is 87.1 Å². The number of aryl methyl sites for hydroxylation is 6. The van der Waals surface area contributed by atoms with E-state index in [9.17, 15) is 0 Å². The first-order valence-corrected chi connectivity index (χ1v) is 31.2. The second-order valence-electron chi connectivity index (χ2n) is 14.2. The molecule has 2 heterocycles. The van der Waals surface area contributed by atoms with E-state index < -0.39 is 18.0 Å². The Labute approximate surface area is 335 Å². The van der Waals surface area contributed by atoms with Crippen molar-refractivity contribution in [3.63, 3.8) is 0 Å². The summed E-state index contributed by atoms with van der Waals surface area (Å²) in [6, 6.07) is 43.8. The first kappa shape index (κ1) is 40.0. The third-order valence-corrected chi connectivity index (χ3v) is 29.6. The van der Waals surface area contributed by atoms with Crippen molar-refractivity contribution in [1.82, 2.24) is 0 Å². The summed E-state index contributed by atoms with van der Waals surface area (Å²) in [5.41, 5.74) is 12.7. The van der Waals surface area contributed by atoms with Crippen LogP contribution in [0, 0.1) is 27.7 Å². The number of rotatable bonds is 6. The van der Waals surface area contributed by atoms with Crippen LogP contribution in [0.25, 0.3) is 66.4 Å². The average molecular weight is 847 g/mol. The molecule has 0 radical (unpaired) electrons. The molecular formula is C48H48Cl2O2SiZr-2. The van der Waals surface area contributed by atoms with Crippen LogP contribution in [-0.2, 0) is 30.8 Å². The second-order valence-corrected chi connectivity index (χ2v) is 37.2. The van der Waals surface area contributed by atoms with Gasteiger partial charge in [-0.1, -0.05) is 108 Å². The zero-order valence-electron chi connectivity index (χ0n) is 32.5. The summed E-state index contributed by atoms with van der Waals surface area (Å²) in [6.07, 6.45) is 2.05. The molecule has 6 heteroatoms. The third-order valence-electron chi connectivity index (χ3n) is 9.82. The maximum absolute atomic E-state index is 5.82. The van der Waals surface area contributed by atoms with E-state index in [-0.39, 0.29) is 5.43 Å². The summed E-state index contributed by atoms with van der Waals surface area (Å²) in [7, 11) is 11.2. The van der Waals surface area contributed by atoms with E-state index in [0.29, 0.717) is 0 Å². The topological polar surface area (TPSA) is 26.3 Å². The van der Waals surface area contributed by atoms with Crippen molar-refractivity contribution in [2.45, 2.75) is 67.5 Å². The number of hydrogen-bond acceptors (Lipinski definition) is 2. The van der Waals surface area contributed by atoms with Crippen molar-refractivity contribution in [3.05, 3.63) is 155 Å². The van der Waals surface area contributed by atoms with Crippen molar-refractivity contribution in [3.8, 4) is 44.9 Å². The van der Waals surface area contributed by atoms with E-state index in [4.69, 9.17) is 25.9 Å². The van der Waals surface area contributed by atoms with Crippen LogP contribution in [0.1, 0.15) is 47.6 Å². The summed E-state index contributed by atoms with van der Waals surface area (Å²) in [6.45, 7) is 17.0. The minimum atomic E-state index is -1.65.